The zero-order valence-electron chi connectivity index (χ0n) is 13.8. The average Bonchev–Trinajstić information content (AvgIpc) is 3.16. The van der Waals surface area contributed by atoms with Gasteiger partial charge in [-0.25, -0.2) is 0 Å². The maximum Gasteiger partial charge on any atom is 0.274 e. The highest BCUT2D eigenvalue weighted by Crippen LogP contribution is 2.27. The second-order valence-electron chi connectivity index (χ2n) is 5.73. The molecule has 2 amide bonds. The molecule has 1 N–H and O–H groups in total. The molecule has 2 heterocycles. The van der Waals surface area contributed by atoms with E-state index in [9.17, 15) is 9.59 Å². The molecule has 0 saturated carbocycles. The van der Waals surface area contributed by atoms with E-state index in [1.165, 1.54) is 19.4 Å². The molecule has 130 valence electrons. The third-order valence-electron chi connectivity index (χ3n) is 4.04. The van der Waals surface area contributed by atoms with E-state index in [1.54, 1.807) is 29.2 Å². The lowest BCUT2D eigenvalue weighted by Crippen LogP contribution is -2.28. The van der Waals surface area contributed by atoms with Crippen LogP contribution in [0.3, 0.4) is 0 Å². The van der Waals surface area contributed by atoms with Gasteiger partial charge in [0.1, 0.15) is 11.4 Å². The van der Waals surface area contributed by atoms with Crippen molar-refractivity contribution in [1.29, 1.82) is 0 Å². The van der Waals surface area contributed by atoms with Gasteiger partial charge in [0.05, 0.1) is 12.1 Å². The molecule has 1 fully saturated rings. The largest absolute Gasteiger partial charge is 0.495 e. The van der Waals surface area contributed by atoms with Gasteiger partial charge in [-0.2, -0.15) is 0 Å². The van der Waals surface area contributed by atoms with Gasteiger partial charge in [0.25, 0.3) is 11.8 Å². The maximum absolute atomic E-state index is 12.4. The summed E-state index contributed by atoms with van der Waals surface area (Å²) in [6.45, 7) is 1.51. The minimum Gasteiger partial charge on any atom is -0.495 e. The van der Waals surface area contributed by atoms with Crippen LogP contribution in [0.1, 0.15) is 33.7 Å². The molecular formula is C18H18ClN3O3. The van der Waals surface area contributed by atoms with Crippen molar-refractivity contribution < 1.29 is 14.3 Å². The summed E-state index contributed by atoms with van der Waals surface area (Å²) < 4.78 is 5.08. The number of amides is 2. The molecule has 6 nitrogen and oxygen atoms in total. The van der Waals surface area contributed by atoms with Crippen LogP contribution in [-0.4, -0.2) is 41.9 Å². The minimum atomic E-state index is -0.405. The van der Waals surface area contributed by atoms with Crippen LogP contribution in [0.25, 0.3) is 0 Å². The summed E-state index contributed by atoms with van der Waals surface area (Å²) in [6.07, 6.45) is 3.50. The minimum absolute atomic E-state index is 0.0681. The van der Waals surface area contributed by atoms with Crippen LogP contribution in [0.5, 0.6) is 5.75 Å². The van der Waals surface area contributed by atoms with Gasteiger partial charge in [-0.15, -0.1) is 0 Å². The molecular weight excluding hydrogens is 342 g/mol. The summed E-state index contributed by atoms with van der Waals surface area (Å²) in [5, 5.41) is 3.11. The van der Waals surface area contributed by atoms with E-state index < -0.39 is 5.91 Å². The van der Waals surface area contributed by atoms with Crippen LogP contribution < -0.4 is 10.1 Å². The number of benzene rings is 1. The summed E-state index contributed by atoms with van der Waals surface area (Å²) in [4.78, 5) is 30.7. The zero-order chi connectivity index (χ0) is 17.8. The predicted octanol–water partition coefficient (Wildman–Crippen LogP) is 3.23. The molecule has 1 aromatic carbocycles. The first-order chi connectivity index (χ1) is 12.1. The number of hydrogen-bond donors (Lipinski definition) is 1. The summed E-state index contributed by atoms with van der Waals surface area (Å²) in [7, 11) is 1.52. The molecule has 1 saturated heterocycles. The van der Waals surface area contributed by atoms with Gasteiger partial charge >= 0.3 is 0 Å². The molecule has 0 aliphatic carbocycles. The number of aromatic nitrogens is 1. The summed E-state index contributed by atoms with van der Waals surface area (Å²) >= 11 is 6.06. The molecule has 0 atom stereocenters. The number of pyridine rings is 1. The van der Waals surface area contributed by atoms with E-state index >= 15 is 0 Å². The second kappa shape index (κ2) is 7.53. The Balaban J connectivity index is 1.75. The van der Waals surface area contributed by atoms with Crippen molar-refractivity contribution in [2.24, 2.45) is 0 Å². The maximum atomic E-state index is 12.4. The summed E-state index contributed by atoms with van der Waals surface area (Å²) in [5.41, 5.74) is 1.17. The number of halogens is 1. The number of anilines is 1. The number of likely N-dealkylation sites (tertiary alicyclic amines) is 1. The first-order valence-corrected chi connectivity index (χ1v) is 8.36. The lowest BCUT2D eigenvalue weighted by molar-refractivity contribution is 0.0792. The molecule has 7 heteroatoms. The first kappa shape index (κ1) is 17.2. The van der Waals surface area contributed by atoms with Crippen molar-refractivity contribution in [1.82, 2.24) is 9.88 Å². The molecule has 1 aliphatic rings. The van der Waals surface area contributed by atoms with Crippen LogP contribution in [0, 0.1) is 0 Å². The third-order valence-corrected chi connectivity index (χ3v) is 4.34. The topological polar surface area (TPSA) is 71.5 Å². The standard InChI is InChI=1S/C18H18ClN3O3/c1-25-16-5-4-13(11-14(16)19)21-17(23)15-10-12(6-7-20-15)18(24)22-8-2-3-9-22/h4-7,10-11H,2-3,8-9H2,1H3,(H,21,23). The van der Waals surface area contributed by atoms with Crippen molar-refractivity contribution in [3.63, 3.8) is 0 Å². The molecule has 1 aromatic heterocycles. The predicted molar refractivity (Wildman–Crippen MR) is 95.3 cm³/mol. The number of nitrogens with one attached hydrogen (secondary N) is 1. The van der Waals surface area contributed by atoms with Gasteiger partial charge in [0.2, 0.25) is 0 Å². The van der Waals surface area contributed by atoms with Crippen LogP contribution in [0.2, 0.25) is 5.02 Å². The van der Waals surface area contributed by atoms with Crippen molar-refractivity contribution >= 4 is 29.1 Å². The number of rotatable bonds is 4. The Morgan fingerprint density at radius 2 is 1.96 bits per heavy atom. The van der Waals surface area contributed by atoms with E-state index in [2.05, 4.69) is 10.3 Å². The highest BCUT2D eigenvalue weighted by atomic mass is 35.5. The molecule has 3 rings (SSSR count). The Kier molecular flexibility index (Phi) is 5.19. The van der Waals surface area contributed by atoms with Crippen molar-refractivity contribution in [2.75, 3.05) is 25.5 Å². The Morgan fingerprint density at radius 1 is 1.20 bits per heavy atom. The summed E-state index contributed by atoms with van der Waals surface area (Å²) in [5.74, 6) is 0.0507. The number of nitrogens with zero attached hydrogens (tertiary/aromatic N) is 2. The van der Waals surface area contributed by atoms with E-state index in [1.807, 2.05) is 0 Å². The van der Waals surface area contributed by atoms with E-state index in [4.69, 9.17) is 16.3 Å². The number of carbonyl (C=O) groups is 2. The van der Waals surface area contributed by atoms with E-state index in [-0.39, 0.29) is 11.6 Å². The van der Waals surface area contributed by atoms with Gasteiger partial charge in [-0.1, -0.05) is 11.6 Å². The number of methoxy groups -OCH3 is 1. The van der Waals surface area contributed by atoms with Crippen LogP contribution in [0.15, 0.2) is 36.5 Å². The highest BCUT2D eigenvalue weighted by Gasteiger charge is 2.20. The zero-order valence-corrected chi connectivity index (χ0v) is 14.5. The molecule has 25 heavy (non-hydrogen) atoms. The smallest absolute Gasteiger partial charge is 0.274 e. The molecule has 0 bridgehead atoms. The van der Waals surface area contributed by atoms with Gasteiger partial charge in [-0.3, -0.25) is 14.6 Å². The van der Waals surface area contributed by atoms with Crippen LogP contribution >= 0.6 is 11.6 Å². The van der Waals surface area contributed by atoms with Crippen LogP contribution in [0.4, 0.5) is 5.69 Å². The molecule has 0 spiro atoms. The lowest BCUT2D eigenvalue weighted by atomic mass is 10.2. The average molecular weight is 360 g/mol. The molecule has 0 radical (unpaired) electrons. The number of carbonyl (C=O) groups excluding carboxylic acids is 2. The van der Waals surface area contributed by atoms with Crippen LogP contribution in [-0.2, 0) is 0 Å². The van der Waals surface area contributed by atoms with Gasteiger partial charge in [0, 0.05) is 30.5 Å². The van der Waals surface area contributed by atoms with E-state index in [0.29, 0.717) is 22.0 Å². The first-order valence-electron chi connectivity index (χ1n) is 7.98. The Morgan fingerprint density at radius 3 is 2.64 bits per heavy atom. The van der Waals surface area contributed by atoms with Crippen molar-refractivity contribution in [3.05, 3.63) is 52.8 Å². The van der Waals surface area contributed by atoms with Crippen molar-refractivity contribution in [2.45, 2.75) is 12.8 Å². The Bertz CT molecular complexity index is 804. The summed E-state index contributed by atoms with van der Waals surface area (Å²) in [6, 6.07) is 8.08. The third kappa shape index (κ3) is 3.91. The number of ether oxygens (including phenoxy) is 1. The Hall–Kier alpha value is -2.60. The van der Waals surface area contributed by atoms with Gasteiger partial charge in [-0.05, 0) is 43.2 Å². The molecule has 0 unspecified atom stereocenters. The fourth-order valence-corrected chi connectivity index (χ4v) is 2.99. The monoisotopic (exact) mass is 359 g/mol. The molecule has 1 aliphatic heterocycles. The SMILES string of the molecule is COc1ccc(NC(=O)c2cc(C(=O)N3CCCC3)ccn2)cc1Cl. The molecule has 2 aromatic rings. The lowest BCUT2D eigenvalue weighted by Gasteiger charge is -2.15. The normalized spacial score (nSPS) is 13.6. The highest BCUT2D eigenvalue weighted by molar-refractivity contribution is 6.32. The fraction of sp³-hybridized carbons (Fsp3) is 0.278. The van der Waals surface area contributed by atoms with Gasteiger partial charge in [0.15, 0.2) is 0 Å². The quantitative estimate of drug-likeness (QED) is 0.909. The Labute approximate surface area is 150 Å². The number of hydrogen-bond acceptors (Lipinski definition) is 4. The fourth-order valence-electron chi connectivity index (χ4n) is 2.73. The van der Waals surface area contributed by atoms with Crippen molar-refractivity contribution in [3.8, 4) is 5.75 Å². The van der Waals surface area contributed by atoms with E-state index in [0.717, 1.165) is 25.9 Å². The van der Waals surface area contributed by atoms with Gasteiger partial charge < -0.3 is 15.0 Å². The second-order valence-corrected chi connectivity index (χ2v) is 6.14.